The number of aliphatic hydroxyl groups is 1. The lowest BCUT2D eigenvalue weighted by molar-refractivity contribution is -0.186. The Hall–Kier alpha value is -3.80. The molecule has 0 saturated carbocycles. The molecule has 2 aliphatic rings. The van der Waals surface area contributed by atoms with Gasteiger partial charge in [0, 0.05) is 25.2 Å². The molecule has 2 N–H and O–H groups in total. The first-order chi connectivity index (χ1) is 17.0. The van der Waals surface area contributed by atoms with Gasteiger partial charge < -0.3 is 24.3 Å². The molecule has 0 saturated heterocycles. The van der Waals surface area contributed by atoms with Crippen molar-refractivity contribution in [1.82, 2.24) is 25.2 Å². The molecule has 3 unspecified atom stereocenters. The van der Waals surface area contributed by atoms with Crippen LogP contribution in [-0.4, -0.2) is 66.0 Å². The summed E-state index contributed by atoms with van der Waals surface area (Å²) in [7, 11) is 0. The summed E-state index contributed by atoms with van der Waals surface area (Å²) in [6.45, 7) is 7.25. The summed E-state index contributed by atoms with van der Waals surface area (Å²) in [6.07, 6.45) is 4.16. The van der Waals surface area contributed by atoms with Crippen LogP contribution in [0, 0.1) is 0 Å². The lowest BCUT2D eigenvalue weighted by atomic mass is 9.73. The topological polar surface area (TPSA) is 159 Å². The highest BCUT2D eigenvalue weighted by atomic mass is 16.6. The maximum atomic E-state index is 13.8. The van der Waals surface area contributed by atoms with Crippen LogP contribution in [0.3, 0.4) is 0 Å². The number of aromatic amines is 1. The van der Waals surface area contributed by atoms with E-state index in [9.17, 15) is 19.5 Å². The van der Waals surface area contributed by atoms with E-state index in [1.54, 1.807) is 32.9 Å². The minimum absolute atomic E-state index is 0.119. The molecule has 0 radical (unpaired) electrons. The van der Waals surface area contributed by atoms with Crippen molar-refractivity contribution < 1.29 is 28.9 Å². The van der Waals surface area contributed by atoms with Crippen LogP contribution < -0.4 is 10.3 Å². The molecule has 0 amide bonds. The van der Waals surface area contributed by atoms with Gasteiger partial charge in [-0.25, -0.2) is 4.68 Å². The van der Waals surface area contributed by atoms with E-state index in [0.29, 0.717) is 19.6 Å². The Labute approximate surface area is 206 Å². The van der Waals surface area contributed by atoms with Gasteiger partial charge in [-0.2, -0.15) is 0 Å². The number of ether oxygens (including phenoxy) is 3. The number of aryl methyl sites for hydroxylation is 1. The van der Waals surface area contributed by atoms with Crippen molar-refractivity contribution in [1.29, 1.82) is 0 Å². The lowest BCUT2D eigenvalue weighted by Gasteiger charge is -2.49. The second kappa shape index (κ2) is 9.69. The largest absolute Gasteiger partial charge is 0.484 e. The first-order valence-corrected chi connectivity index (χ1v) is 11.7. The average Bonchev–Trinajstić information content (AvgIpc) is 3.25. The zero-order valence-electron chi connectivity index (χ0n) is 20.6. The summed E-state index contributed by atoms with van der Waals surface area (Å²) in [4.78, 5) is 39.8. The Kier molecular flexibility index (Phi) is 6.81. The predicted octanol–water partition coefficient (Wildman–Crippen LogP) is 1.19. The van der Waals surface area contributed by atoms with Crippen LogP contribution in [0.25, 0.3) is 0 Å². The molecular weight excluding hydrogens is 470 g/mol. The second-order valence-corrected chi connectivity index (χ2v) is 9.29. The summed E-state index contributed by atoms with van der Waals surface area (Å²) in [5, 5.41) is 23.2. The van der Waals surface area contributed by atoms with Crippen molar-refractivity contribution in [3.8, 4) is 5.75 Å². The highest BCUT2D eigenvalue weighted by molar-refractivity contribution is 6.04. The number of tetrazole rings is 1. The Bertz CT molecular complexity index is 1270. The zero-order chi connectivity index (χ0) is 26.1. The molecule has 192 valence electrons. The van der Waals surface area contributed by atoms with Crippen LogP contribution in [0.2, 0.25) is 0 Å². The standard InChI is InChI=1S/C24H29N5O7/c1-5-34-18(31)7-6-12-29-22(26-27-28-29)15-8-9-16-19(20(15)32)21(24(4,33)23(2,3)36-16)35-14-10-11-25-17(30)13-14/h8-11,13,15,21,33H,5-7,12H2,1-4H3,(H,25,30). The van der Waals surface area contributed by atoms with Gasteiger partial charge in [0.25, 0.3) is 5.56 Å². The first-order valence-electron chi connectivity index (χ1n) is 11.7. The molecule has 36 heavy (non-hydrogen) atoms. The smallest absolute Gasteiger partial charge is 0.305 e. The highest BCUT2D eigenvalue weighted by Gasteiger charge is 2.57. The summed E-state index contributed by atoms with van der Waals surface area (Å²) < 4.78 is 18.5. The Morgan fingerprint density at radius 1 is 1.31 bits per heavy atom. The van der Waals surface area contributed by atoms with Gasteiger partial charge in [-0.3, -0.25) is 14.4 Å². The van der Waals surface area contributed by atoms with E-state index in [2.05, 4.69) is 20.5 Å². The molecule has 0 aromatic carbocycles. The number of carbonyl (C=O) groups is 2. The van der Waals surface area contributed by atoms with Gasteiger partial charge in [0.05, 0.1) is 12.2 Å². The number of ketones is 1. The van der Waals surface area contributed by atoms with Gasteiger partial charge in [-0.05, 0) is 56.7 Å². The van der Waals surface area contributed by atoms with Crippen molar-refractivity contribution in [2.45, 2.75) is 70.3 Å². The first kappa shape index (κ1) is 25.3. The van der Waals surface area contributed by atoms with Crippen LogP contribution in [0.15, 0.2) is 46.6 Å². The highest BCUT2D eigenvalue weighted by Crippen LogP contribution is 2.45. The van der Waals surface area contributed by atoms with Gasteiger partial charge in [-0.15, -0.1) is 5.10 Å². The molecule has 2 aromatic heterocycles. The molecule has 0 bridgehead atoms. The van der Waals surface area contributed by atoms with Crippen LogP contribution in [0.1, 0.15) is 52.3 Å². The van der Waals surface area contributed by atoms with Crippen molar-refractivity contribution in [3.05, 3.63) is 58.0 Å². The Balaban J connectivity index is 1.64. The van der Waals surface area contributed by atoms with E-state index in [0.717, 1.165) is 0 Å². The van der Waals surface area contributed by atoms with Crippen LogP contribution in [0.4, 0.5) is 0 Å². The lowest BCUT2D eigenvalue weighted by Crippen LogP contribution is -2.63. The maximum absolute atomic E-state index is 13.8. The molecular formula is C24H29N5O7. The van der Waals surface area contributed by atoms with Crippen LogP contribution >= 0.6 is 0 Å². The molecule has 3 atom stereocenters. The molecule has 2 aromatic rings. The molecule has 0 fully saturated rings. The SMILES string of the molecule is CCOC(=O)CCCn1nnnc1C1C=CC2=C(C1=O)C(Oc1cc[nH]c(=O)c1)C(C)(O)C(C)(C)O2. The van der Waals surface area contributed by atoms with Gasteiger partial charge >= 0.3 is 5.97 Å². The van der Waals surface area contributed by atoms with Crippen molar-refractivity contribution in [2.24, 2.45) is 0 Å². The minimum Gasteiger partial charge on any atom is -0.484 e. The van der Waals surface area contributed by atoms with Crippen molar-refractivity contribution in [2.75, 3.05) is 6.61 Å². The maximum Gasteiger partial charge on any atom is 0.305 e. The number of esters is 1. The average molecular weight is 500 g/mol. The summed E-state index contributed by atoms with van der Waals surface area (Å²) in [6, 6.07) is 2.77. The van der Waals surface area contributed by atoms with E-state index in [-0.39, 0.29) is 40.9 Å². The summed E-state index contributed by atoms with van der Waals surface area (Å²) >= 11 is 0. The van der Waals surface area contributed by atoms with Gasteiger partial charge in [-0.1, -0.05) is 6.08 Å². The molecule has 1 aliphatic carbocycles. The monoisotopic (exact) mass is 499 g/mol. The number of pyridine rings is 1. The second-order valence-electron chi connectivity index (χ2n) is 9.29. The minimum atomic E-state index is -1.65. The molecule has 12 nitrogen and oxygen atoms in total. The quantitative estimate of drug-likeness (QED) is 0.505. The number of hydrogen-bond acceptors (Lipinski definition) is 10. The number of aromatic nitrogens is 5. The number of nitrogens with one attached hydrogen (secondary N) is 1. The van der Waals surface area contributed by atoms with Gasteiger partial charge in [0.2, 0.25) is 0 Å². The number of carbonyl (C=O) groups excluding carboxylic acids is 2. The van der Waals surface area contributed by atoms with E-state index in [4.69, 9.17) is 14.2 Å². The Morgan fingerprint density at radius 3 is 2.81 bits per heavy atom. The molecule has 3 heterocycles. The fourth-order valence-corrected chi connectivity index (χ4v) is 4.18. The fraction of sp³-hybridized carbons (Fsp3) is 0.500. The van der Waals surface area contributed by atoms with Crippen molar-refractivity contribution in [3.63, 3.8) is 0 Å². The van der Waals surface area contributed by atoms with Crippen LogP contribution in [-0.2, 0) is 25.6 Å². The van der Waals surface area contributed by atoms with Crippen LogP contribution in [0.5, 0.6) is 5.75 Å². The summed E-state index contributed by atoms with van der Waals surface area (Å²) in [5.41, 5.74) is -3.04. The molecule has 0 spiro atoms. The number of Topliss-reactive ketones (excluding diaryl/α,β-unsaturated/α-hetero) is 1. The number of H-pyrrole nitrogens is 1. The molecule has 12 heteroatoms. The number of hydrogen-bond donors (Lipinski definition) is 2. The van der Waals surface area contributed by atoms with Crippen molar-refractivity contribution >= 4 is 11.8 Å². The van der Waals surface area contributed by atoms with E-state index < -0.39 is 29.0 Å². The number of nitrogens with zero attached hydrogens (tertiary/aromatic N) is 4. The predicted molar refractivity (Wildman–Crippen MR) is 125 cm³/mol. The third kappa shape index (κ3) is 4.68. The van der Waals surface area contributed by atoms with E-state index >= 15 is 0 Å². The number of rotatable bonds is 8. The Morgan fingerprint density at radius 2 is 2.08 bits per heavy atom. The molecule has 4 rings (SSSR count). The third-order valence-electron chi connectivity index (χ3n) is 6.50. The van der Waals surface area contributed by atoms with Gasteiger partial charge in [0.15, 0.2) is 17.7 Å². The zero-order valence-corrected chi connectivity index (χ0v) is 20.6. The molecule has 1 aliphatic heterocycles. The normalized spacial score (nSPS) is 24.8. The summed E-state index contributed by atoms with van der Waals surface area (Å²) in [5.74, 6) is -0.849. The van der Waals surface area contributed by atoms with E-state index in [1.165, 1.54) is 29.9 Å². The number of allylic oxidation sites excluding steroid dienone is 2. The third-order valence-corrected chi connectivity index (χ3v) is 6.50. The fourth-order valence-electron chi connectivity index (χ4n) is 4.18. The van der Waals surface area contributed by atoms with E-state index in [1.807, 2.05) is 0 Å². The van der Waals surface area contributed by atoms with Gasteiger partial charge in [0.1, 0.15) is 28.6 Å².